The molecular weight excluding hydrogens is 286 g/mol. The summed E-state index contributed by atoms with van der Waals surface area (Å²) in [6, 6.07) is 6.62. The SMILES string of the molecule is Cc1ccn2cc(-c3cc(F)c(Cl)cc3Cl)nc2c1. The van der Waals surface area contributed by atoms with Crippen molar-refractivity contribution in [3.05, 3.63) is 58.1 Å². The number of benzene rings is 1. The summed E-state index contributed by atoms with van der Waals surface area (Å²) in [6.07, 6.45) is 3.71. The van der Waals surface area contributed by atoms with E-state index >= 15 is 0 Å². The summed E-state index contributed by atoms with van der Waals surface area (Å²) in [4.78, 5) is 4.44. The zero-order valence-corrected chi connectivity index (χ0v) is 11.5. The first kappa shape index (κ1) is 12.5. The van der Waals surface area contributed by atoms with Crippen molar-refractivity contribution in [3.63, 3.8) is 0 Å². The van der Waals surface area contributed by atoms with Gasteiger partial charge in [-0.2, -0.15) is 0 Å². The summed E-state index contributed by atoms with van der Waals surface area (Å²) in [5.74, 6) is -0.505. The Balaban J connectivity index is 2.21. The van der Waals surface area contributed by atoms with Crippen LogP contribution in [0.15, 0.2) is 36.7 Å². The molecular formula is C14H9Cl2FN2. The molecule has 19 heavy (non-hydrogen) atoms. The molecule has 2 aromatic heterocycles. The Kier molecular flexibility index (Phi) is 2.96. The first-order chi connectivity index (χ1) is 9.04. The van der Waals surface area contributed by atoms with Gasteiger partial charge < -0.3 is 4.40 Å². The third-order valence-electron chi connectivity index (χ3n) is 2.90. The highest BCUT2D eigenvalue weighted by molar-refractivity contribution is 6.36. The maximum Gasteiger partial charge on any atom is 0.142 e. The minimum absolute atomic E-state index is 0.00774. The lowest BCUT2D eigenvalue weighted by atomic mass is 10.1. The van der Waals surface area contributed by atoms with Crippen LogP contribution in [0.1, 0.15) is 5.56 Å². The fourth-order valence-corrected chi connectivity index (χ4v) is 2.41. The van der Waals surface area contributed by atoms with Crippen LogP contribution in [0.4, 0.5) is 4.39 Å². The molecule has 0 fully saturated rings. The Morgan fingerprint density at radius 1 is 1.16 bits per heavy atom. The first-order valence-corrected chi connectivity index (χ1v) is 6.40. The maximum atomic E-state index is 13.5. The fraction of sp³-hybridized carbons (Fsp3) is 0.0714. The largest absolute Gasteiger partial charge is 0.306 e. The van der Waals surface area contributed by atoms with Crippen molar-refractivity contribution in [2.24, 2.45) is 0 Å². The van der Waals surface area contributed by atoms with Crippen LogP contribution < -0.4 is 0 Å². The van der Waals surface area contributed by atoms with Gasteiger partial charge in [0.15, 0.2) is 0 Å². The third kappa shape index (κ3) is 2.20. The van der Waals surface area contributed by atoms with Gasteiger partial charge in [0.05, 0.1) is 15.7 Å². The summed E-state index contributed by atoms with van der Waals surface area (Å²) in [6.45, 7) is 1.99. The smallest absolute Gasteiger partial charge is 0.142 e. The van der Waals surface area contributed by atoms with E-state index in [9.17, 15) is 4.39 Å². The average molecular weight is 295 g/mol. The van der Waals surface area contributed by atoms with Crippen molar-refractivity contribution in [1.29, 1.82) is 0 Å². The van der Waals surface area contributed by atoms with E-state index in [1.165, 1.54) is 12.1 Å². The number of aryl methyl sites for hydroxylation is 1. The molecule has 0 radical (unpaired) electrons. The lowest BCUT2D eigenvalue weighted by molar-refractivity contribution is 0.629. The van der Waals surface area contributed by atoms with E-state index in [-0.39, 0.29) is 5.02 Å². The molecule has 0 saturated carbocycles. The minimum Gasteiger partial charge on any atom is -0.306 e. The molecule has 0 aliphatic carbocycles. The Morgan fingerprint density at radius 2 is 1.95 bits per heavy atom. The van der Waals surface area contributed by atoms with Crippen LogP contribution in [0.2, 0.25) is 10.0 Å². The zero-order chi connectivity index (χ0) is 13.6. The highest BCUT2D eigenvalue weighted by Gasteiger charge is 2.12. The van der Waals surface area contributed by atoms with Gasteiger partial charge >= 0.3 is 0 Å². The normalized spacial score (nSPS) is 11.2. The molecule has 0 saturated heterocycles. The number of imidazole rings is 1. The van der Waals surface area contributed by atoms with Crippen molar-refractivity contribution in [2.45, 2.75) is 6.92 Å². The van der Waals surface area contributed by atoms with E-state index in [0.29, 0.717) is 16.3 Å². The predicted octanol–water partition coefficient (Wildman–Crippen LogP) is 4.76. The molecule has 0 aliphatic rings. The molecule has 0 bridgehead atoms. The Bertz CT molecular complexity index is 780. The molecule has 2 nitrogen and oxygen atoms in total. The monoisotopic (exact) mass is 294 g/mol. The van der Waals surface area contributed by atoms with Gasteiger partial charge in [0, 0.05) is 18.0 Å². The fourth-order valence-electron chi connectivity index (χ4n) is 1.93. The predicted molar refractivity (Wildman–Crippen MR) is 75.3 cm³/mol. The van der Waals surface area contributed by atoms with E-state index in [2.05, 4.69) is 4.98 Å². The van der Waals surface area contributed by atoms with E-state index < -0.39 is 5.82 Å². The summed E-state index contributed by atoms with van der Waals surface area (Å²) >= 11 is 11.8. The van der Waals surface area contributed by atoms with E-state index in [1.807, 2.05) is 35.9 Å². The van der Waals surface area contributed by atoms with Crippen LogP contribution in [-0.2, 0) is 0 Å². The number of nitrogens with zero attached hydrogens (tertiary/aromatic N) is 2. The summed E-state index contributed by atoms with van der Waals surface area (Å²) in [5.41, 5.74) is 3.05. The highest BCUT2D eigenvalue weighted by Crippen LogP contribution is 2.31. The van der Waals surface area contributed by atoms with Crippen molar-refractivity contribution in [3.8, 4) is 11.3 Å². The van der Waals surface area contributed by atoms with Gasteiger partial charge in [0.2, 0.25) is 0 Å². The topological polar surface area (TPSA) is 17.3 Å². The molecule has 0 spiro atoms. The maximum absolute atomic E-state index is 13.5. The van der Waals surface area contributed by atoms with Crippen molar-refractivity contribution < 1.29 is 4.39 Å². The van der Waals surface area contributed by atoms with Crippen LogP contribution in [0.3, 0.4) is 0 Å². The van der Waals surface area contributed by atoms with Crippen LogP contribution in [-0.4, -0.2) is 9.38 Å². The van der Waals surface area contributed by atoms with Gasteiger partial charge in [-0.1, -0.05) is 23.2 Å². The molecule has 0 N–H and O–H groups in total. The van der Waals surface area contributed by atoms with Gasteiger partial charge in [-0.3, -0.25) is 0 Å². The molecule has 5 heteroatoms. The van der Waals surface area contributed by atoms with Gasteiger partial charge in [-0.05, 0) is 36.8 Å². The van der Waals surface area contributed by atoms with Gasteiger partial charge in [-0.25, -0.2) is 9.37 Å². The van der Waals surface area contributed by atoms with E-state index in [4.69, 9.17) is 23.2 Å². The summed E-state index contributed by atoms with van der Waals surface area (Å²) in [7, 11) is 0. The lowest BCUT2D eigenvalue weighted by Gasteiger charge is -2.02. The van der Waals surface area contributed by atoms with Crippen LogP contribution in [0.5, 0.6) is 0 Å². The lowest BCUT2D eigenvalue weighted by Crippen LogP contribution is -1.84. The number of pyridine rings is 1. The number of halogens is 3. The molecule has 3 aromatic rings. The molecule has 0 amide bonds. The number of fused-ring (bicyclic) bond motifs is 1. The van der Waals surface area contributed by atoms with Crippen LogP contribution >= 0.6 is 23.2 Å². The van der Waals surface area contributed by atoms with E-state index in [1.54, 1.807) is 0 Å². The van der Waals surface area contributed by atoms with Gasteiger partial charge in [0.1, 0.15) is 11.5 Å². The van der Waals surface area contributed by atoms with Crippen molar-refractivity contribution in [2.75, 3.05) is 0 Å². The zero-order valence-electron chi connectivity index (χ0n) is 9.99. The number of aromatic nitrogens is 2. The Labute approximate surface area is 119 Å². The Hall–Kier alpha value is -1.58. The Morgan fingerprint density at radius 3 is 2.74 bits per heavy atom. The number of hydrogen-bond acceptors (Lipinski definition) is 1. The molecule has 1 aromatic carbocycles. The van der Waals surface area contributed by atoms with Gasteiger partial charge in [0.25, 0.3) is 0 Å². The second kappa shape index (κ2) is 4.51. The quantitative estimate of drug-likeness (QED) is 0.592. The first-order valence-electron chi connectivity index (χ1n) is 5.65. The standard InChI is InChI=1S/C14H9Cl2FN2/c1-8-2-3-19-7-13(18-14(19)4-8)9-5-12(17)11(16)6-10(9)15/h2-7H,1H3. The van der Waals surface area contributed by atoms with Crippen molar-refractivity contribution >= 4 is 28.8 Å². The van der Waals surface area contributed by atoms with Crippen LogP contribution in [0, 0.1) is 12.7 Å². The minimum atomic E-state index is -0.505. The molecule has 0 aliphatic heterocycles. The summed E-state index contributed by atoms with van der Waals surface area (Å²) < 4.78 is 15.4. The summed E-state index contributed by atoms with van der Waals surface area (Å²) in [5, 5.41) is 0.389. The van der Waals surface area contributed by atoms with Crippen molar-refractivity contribution in [1.82, 2.24) is 9.38 Å². The molecule has 3 rings (SSSR count). The molecule has 96 valence electrons. The second-order valence-corrected chi connectivity index (χ2v) is 5.16. The van der Waals surface area contributed by atoms with E-state index in [0.717, 1.165) is 11.2 Å². The molecule has 2 heterocycles. The van der Waals surface area contributed by atoms with Crippen LogP contribution in [0.25, 0.3) is 16.9 Å². The average Bonchev–Trinajstić information content (AvgIpc) is 2.76. The molecule has 0 atom stereocenters. The third-order valence-corrected chi connectivity index (χ3v) is 3.50. The highest BCUT2D eigenvalue weighted by atomic mass is 35.5. The molecule has 0 unspecified atom stereocenters. The second-order valence-electron chi connectivity index (χ2n) is 4.34. The number of rotatable bonds is 1. The number of hydrogen-bond donors (Lipinski definition) is 0. The van der Waals surface area contributed by atoms with Gasteiger partial charge in [-0.15, -0.1) is 0 Å².